The van der Waals surface area contributed by atoms with Crippen molar-refractivity contribution in [3.05, 3.63) is 46.2 Å². The van der Waals surface area contributed by atoms with Gasteiger partial charge in [-0.1, -0.05) is 23.2 Å². The van der Waals surface area contributed by atoms with Crippen LogP contribution in [-0.2, 0) is 11.0 Å². The first-order valence-corrected chi connectivity index (χ1v) is 9.69. The molecule has 2 aromatic heterocycles. The lowest BCUT2D eigenvalue weighted by Crippen LogP contribution is -2.38. The van der Waals surface area contributed by atoms with Gasteiger partial charge in [0, 0.05) is 19.2 Å². The van der Waals surface area contributed by atoms with Crippen LogP contribution in [0.25, 0.3) is 5.65 Å². The summed E-state index contributed by atoms with van der Waals surface area (Å²) >= 11 is 11.8. The van der Waals surface area contributed by atoms with Crippen LogP contribution >= 0.6 is 23.2 Å². The SMILES string of the molecule is O=C(Oc1ccc(Cl)c(Cl)c1)C1CCN(c2ccc3nnc(C(F)(F)F)n3n2)CC1. The zero-order valence-electron chi connectivity index (χ0n) is 15.2. The molecule has 0 bridgehead atoms. The Hall–Kier alpha value is -2.59. The third-order valence-corrected chi connectivity index (χ3v) is 5.50. The van der Waals surface area contributed by atoms with Gasteiger partial charge in [-0.05, 0) is 37.1 Å². The lowest BCUT2D eigenvalue weighted by Gasteiger charge is -2.31. The maximum atomic E-state index is 13.0. The van der Waals surface area contributed by atoms with Crippen LogP contribution < -0.4 is 9.64 Å². The second kappa shape index (κ2) is 7.92. The standard InChI is InChI=1S/C18H14Cl2F3N5O2/c19-12-2-1-11(9-13(12)20)30-16(29)10-5-7-27(8-6-10)15-4-3-14-24-25-17(18(21,22)23)28(14)26-15/h1-4,9-10H,5-8H2. The van der Waals surface area contributed by atoms with Crippen molar-refractivity contribution in [3.8, 4) is 5.75 Å². The highest BCUT2D eigenvalue weighted by molar-refractivity contribution is 6.42. The van der Waals surface area contributed by atoms with E-state index in [4.69, 9.17) is 27.9 Å². The maximum absolute atomic E-state index is 13.0. The van der Waals surface area contributed by atoms with E-state index in [1.807, 2.05) is 4.90 Å². The topological polar surface area (TPSA) is 72.6 Å². The van der Waals surface area contributed by atoms with Crippen molar-refractivity contribution >= 4 is 40.6 Å². The fourth-order valence-electron chi connectivity index (χ4n) is 3.21. The first-order chi connectivity index (χ1) is 14.2. The third-order valence-electron chi connectivity index (χ3n) is 4.76. The number of halogens is 5. The van der Waals surface area contributed by atoms with E-state index in [2.05, 4.69) is 15.3 Å². The highest BCUT2D eigenvalue weighted by Crippen LogP contribution is 2.30. The molecule has 0 N–H and O–H groups in total. The van der Waals surface area contributed by atoms with Gasteiger partial charge in [-0.3, -0.25) is 4.79 Å². The molecule has 7 nitrogen and oxygen atoms in total. The molecular formula is C18H14Cl2F3N5O2. The van der Waals surface area contributed by atoms with Gasteiger partial charge in [0.1, 0.15) is 11.6 Å². The number of piperidine rings is 1. The average Bonchev–Trinajstić information content (AvgIpc) is 3.14. The van der Waals surface area contributed by atoms with Crippen molar-refractivity contribution in [1.29, 1.82) is 0 Å². The monoisotopic (exact) mass is 459 g/mol. The van der Waals surface area contributed by atoms with Crippen LogP contribution in [0.1, 0.15) is 18.7 Å². The molecule has 1 aromatic carbocycles. The van der Waals surface area contributed by atoms with Gasteiger partial charge < -0.3 is 9.64 Å². The van der Waals surface area contributed by atoms with Gasteiger partial charge in [0.2, 0.25) is 0 Å². The minimum atomic E-state index is -4.66. The number of benzene rings is 1. The zero-order chi connectivity index (χ0) is 21.5. The minimum Gasteiger partial charge on any atom is -0.426 e. The number of fused-ring (bicyclic) bond motifs is 1. The average molecular weight is 460 g/mol. The second-order valence-corrected chi connectivity index (χ2v) is 7.56. The first kappa shape index (κ1) is 20.7. The molecule has 12 heteroatoms. The summed E-state index contributed by atoms with van der Waals surface area (Å²) in [5.41, 5.74) is 0.00571. The van der Waals surface area contributed by atoms with E-state index in [0.717, 1.165) is 0 Å². The maximum Gasteiger partial charge on any atom is 0.453 e. The molecule has 1 saturated heterocycles. The van der Waals surface area contributed by atoms with Crippen molar-refractivity contribution in [1.82, 2.24) is 19.8 Å². The number of carbonyl (C=O) groups excluding carboxylic acids is 1. The van der Waals surface area contributed by atoms with Gasteiger partial charge in [0.05, 0.1) is 16.0 Å². The van der Waals surface area contributed by atoms with E-state index in [1.54, 1.807) is 12.1 Å². The van der Waals surface area contributed by atoms with Crippen molar-refractivity contribution in [2.45, 2.75) is 19.0 Å². The molecule has 0 unspecified atom stereocenters. The van der Waals surface area contributed by atoms with Crippen molar-refractivity contribution in [2.24, 2.45) is 5.92 Å². The van der Waals surface area contributed by atoms with Crippen LogP contribution in [0.2, 0.25) is 10.0 Å². The number of aromatic nitrogens is 4. The van der Waals surface area contributed by atoms with E-state index in [-0.39, 0.29) is 16.6 Å². The van der Waals surface area contributed by atoms with Gasteiger partial charge >= 0.3 is 12.1 Å². The second-order valence-electron chi connectivity index (χ2n) is 6.74. The molecule has 0 spiro atoms. The molecule has 0 amide bonds. The van der Waals surface area contributed by atoms with Crippen LogP contribution in [0, 0.1) is 5.92 Å². The molecule has 1 aliphatic heterocycles. The number of hydrogen-bond donors (Lipinski definition) is 0. The van der Waals surface area contributed by atoms with Gasteiger partial charge in [-0.15, -0.1) is 15.3 Å². The molecule has 0 radical (unpaired) electrons. The lowest BCUT2D eigenvalue weighted by atomic mass is 9.97. The quantitative estimate of drug-likeness (QED) is 0.430. The first-order valence-electron chi connectivity index (χ1n) is 8.94. The molecule has 4 rings (SSSR count). The molecule has 1 aliphatic rings. The van der Waals surface area contributed by atoms with E-state index >= 15 is 0 Å². The summed E-state index contributed by atoms with van der Waals surface area (Å²) in [6.45, 7) is 0.867. The van der Waals surface area contributed by atoms with Crippen LogP contribution in [0.4, 0.5) is 19.0 Å². The Bertz CT molecular complexity index is 1100. The number of carbonyl (C=O) groups is 1. The van der Waals surface area contributed by atoms with E-state index in [1.165, 1.54) is 18.2 Å². The predicted octanol–water partition coefficient (Wildman–Crippen LogP) is 4.27. The summed E-state index contributed by atoms with van der Waals surface area (Å²) in [7, 11) is 0. The van der Waals surface area contributed by atoms with E-state index < -0.39 is 18.0 Å². The number of anilines is 1. The molecule has 3 heterocycles. The zero-order valence-corrected chi connectivity index (χ0v) is 16.7. The smallest absolute Gasteiger partial charge is 0.426 e. The molecule has 0 saturated carbocycles. The highest BCUT2D eigenvalue weighted by Gasteiger charge is 2.38. The Morgan fingerprint density at radius 3 is 2.47 bits per heavy atom. The number of hydrogen-bond acceptors (Lipinski definition) is 6. The predicted molar refractivity (Wildman–Crippen MR) is 103 cm³/mol. The van der Waals surface area contributed by atoms with Crippen LogP contribution in [-0.4, -0.2) is 38.9 Å². The Kier molecular flexibility index (Phi) is 5.46. The summed E-state index contributed by atoms with van der Waals surface area (Å²) in [4.78, 5) is 14.2. The third kappa shape index (κ3) is 4.15. The Morgan fingerprint density at radius 1 is 1.07 bits per heavy atom. The Morgan fingerprint density at radius 2 is 1.80 bits per heavy atom. The normalized spacial score (nSPS) is 15.6. The molecule has 3 aromatic rings. The fourth-order valence-corrected chi connectivity index (χ4v) is 3.50. The summed E-state index contributed by atoms with van der Waals surface area (Å²) < 4.78 is 45.2. The molecule has 0 aliphatic carbocycles. The number of nitrogens with zero attached hydrogens (tertiary/aromatic N) is 5. The van der Waals surface area contributed by atoms with Gasteiger partial charge in [0.15, 0.2) is 5.65 Å². The summed E-state index contributed by atoms with van der Waals surface area (Å²) in [5.74, 6) is -1.27. The van der Waals surface area contributed by atoms with Crippen molar-refractivity contribution in [3.63, 3.8) is 0 Å². The van der Waals surface area contributed by atoms with Crippen LogP contribution in [0.3, 0.4) is 0 Å². The molecule has 0 atom stereocenters. The van der Waals surface area contributed by atoms with Crippen LogP contribution in [0.15, 0.2) is 30.3 Å². The Labute approximate surface area is 178 Å². The van der Waals surface area contributed by atoms with Gasteiger partial charge in [-0.25, -0.2) is 0 Å². The number of esters is 1. The number of rotatable bonds is 3. The molecule has 30 heavy (non-hydrogen) atoms. The minimum absolute atomic E-state index is 0.00571. The van der Waals surface area contributed by atoms with Crippen molar-refractivity contribution in [2.75, 3.05) is 18.0 Å². The molecule has 1 fully saturated rings. The molecular weight excluding hydrogens is 446 g/mol. The Balaban J connectivity index is 1.42. The summed E-state index contributed by atoms with van der Waals surface area (Å²) in [6.07, 6.45) is -3.73. The fraction of sp³-hybridized carbons (Fsp3) is 0.333. The number of alkyl halides is 3. The largest absolute Gasteiger partial charge is 0.453 e. The van der Waals surface area contributed by atoms with Gasteiger partial charge in [-0.2, -0.15) is 17.7 Å². The highest BCUT2D eigenvalue weighted by atomic mass is 35.5. The van der Waals surface area contributed by atoms with E-state index in [0.29, 0.717) is 47.0 Å². The lowest BCUT2D eigenvalue weighted by molar-refractivity contribution is -0.146. The van der Waals surface area contributed by atoms with Gasteiger partial charge in [0.25, 0.3) is 5.82 Å². The van der Waals surface area contributed by atoms with Crippen LogP contribution in [0.5, 0.6) is 5.75 Å². The van der Waals surface area contributed by atoms with Crippen molar-refractivity contribution < 1.29 is 22.7 Å². The van der Waals surface area contributed by atoms with E-state index in [9.17, 15) is 18.0 Å². The molecule has 158 valence electrons. The number of ether oxygens (including phenoxy) is 1. The summed E-state index contributed by atoms with van der Waals surface area (Å²) in [5, 5.41) is 11.3. The summed E-state index contributed by atoms with van der Waals surface area (Å²) in [6, 6.07) is 7.57.